The van der Waals surface area contributed by atoms with E-state index in [0.717, 1.165) is 44.5 Å². The Morgan fingerprint density at radius 2 is 1.31 bits per heavy atom. The molecule has 260 valence electrons. The number of amidine groups is 2. The van der Waals surface area contributed by atoms with Crippen LogP contribution in [0.3, 0.4) is 0 Å². The number of anilines is 2. The summed E-state index contributed by atoms with van der Waals surface area (Å²) in [6.07, 6.45) is 1.85. The molecule has 1 aromatic heterocycles. The molecular weight excluding hydrogens is 671 g/mol. The van der Waals surface area contributed by atoms with Crippen LogP contribution >= 0.6 is 0 Å². The minimum atomic E-state index is -0.556. The van der Waals surface area contributed by atoms with Crippen molar-refractivity contribution in [3.63, 3.8) is 0 Å². The number of H-pyrrole nitrogens is 1. The summed E-state index contributed by atoms with van der Waals surface area (Å²) in [6.45, 7) is 1.97. The Kier molecular flexibility index (Phi) is 9.33. The van der Waals surface area contributed by atoms with Crippen LogP contribution in [-0.2, 0) is 4.79 Å². The fourth-order valence-electron chi connectivity index (χ4n) is 6.27. The van der Waals surface area contributed by atoms with Gasteiger partial charge in [-0.2, -0.15) is 5.10 Å². The van der Waals surface area contributed by atoms with Gasteiger partial charge < -0.3 is 4.98 Å². The average molecular weight is 704 g/mol. The first-order chi connectivity index (χ1) is 26.5. The molecule has 7 aromatic rings. The predicted octanol–water partition coefficient (Wildman–Crippen LogP) is 10.0. The van der Waals surface area contributed by atoms with Gasteiger partial charge in [0.15, 0.2) is 0 Å². The van der Waals surface area contributed by atoms with Crippen molar-refractivity contribution >= 4 is 51.8 Å². The standard InChI is InChI=1S/C45H33N7O2/c1-30-15-11-13-23-38(30)48-49-42(32-18-7-3-8-19-32)50-51-44(53)34-25-27-35(28-26-34)52-43(33-20-9-4-10-21-33)47-40(45(52)54)29-37-36-22-12-14-24-39(36)46-41(37)31-16-5-2-6-17-31/h2-29,46,48H,1H3/b40-29-,49-42+,51-50?. The van der Waals surface area contributed by atoms with Gasteiger partial charge in [-0.25, -0.2) is 4.99 Å². The summed E-state index contributed by atoms with van der Waals surface area (Å²) in [7, 11) is 0. The largest absolute Gasteiger partial charge is 0.354 e. The second-order valence-corrected chi connectivity index (χ2v) is 12.6. The molecule has 0 saturated carbocycles. The Labute approximate surface area is 311 Å². The highest BCUT2D eigenvalue weighted by Crippen LogP contribution is 2.35. The number of amides is 2. The lowest BCUT2D eigenvalue weighted by atomic mass is 10.0. The highest BCUT2D eigenvalue weighted by molar-refractivity contribution is 6.33. The maximum Gasteiger partial charge on any atom is 0.295 e. The molecule has 9 heteroatoms. The molecule has 0 fully saturated rings. The van der Waals surface area contributed by atoms with Gasteiger partial charge in [0.1, 0.15) is 11.5 Å². The SMILES string of the molecule is Cc1ccccc1N/N=C(/N=NC(=O)c1ccc(N2C(=O)/C(=C/c3c(-c4ccccc4)[nH]c4ccccc34)N=C2c2ccccc2)cc1)c1ccccc1. The molecule has 6 aromatic carbocycles. The molecule has 54 heavy (non-hydrogen) atoms. The molecule has 2 heterocycles. The zero-order valence-electron chi connectivity index (χ0n) is 29.2. The second-order valence-electron chi connectivity index (χ2n) is 12.6. The van der Waals surface area contributed by atoms with Crippen molar-refractivity contribution in [2.24, 2.45) is 20.3 Å². The molecular formula is C45H33N7O2. The number of aromatic nitrogens is 1. The predicted molar refractivity (Wildman–Crippen MR) is 216 cm³/mol. The summed E-state index contributed by atoms with van der Waals surface area (Å²) < 4.78 is 0. The van der Waals surface area contributed by atoms with E-state index in [1.807, 2.05) is 153 Å². The summed E-state index contributed by atoms with van der Waals surface area (Å²) in [5.74, 6) is -0.113. The third-order valence-corrected chi connectivity index (χ3v) is 9.05. The molecule has 0 unspecified atom stereocenters. The average Bonchev–Trinajstić information content (AvgIpc) is 3.76. The number of carbonyl (C=O) groups excluding carboxylic acids is 2. The van der Waals surface area contributed by atoms with Gasteiger partial charge >= 0.3 is 0 Å². The molecule has 0 aliphatic carbocycles. The number of nitrogens with zero attached hydrogens (tertiary/aromatic N) is 5. The first kappa shape index (κ1) is 33.6. The Morgan fingerprint density at radius 1 is 0.685 bits per heavy atom. The fourth-order valence-corrected chi connectivity index (χ4v) is 6.27. The van der Waals surface area contributed by atoms with Crippen LogP contribution in [-0.4, -0.2) is 28.5 Å². The van der Waals surface area contributed by atoms with Crippen LogP contribution in [0.1, 0.15) is 32.6 Å². The number of para-hydroxylation sites is 2. The van der Waals surface area contributed by atoms with Gasteiger partial charge in [0.25, 0.3) is 11.8 Å². The quantitative estimate of drug-likeness (QED) is 0.0540. The zero-order valence-corrected chi connectivity index (χ0v) is 29.2. The molecule has 2 N–H and O–H groups in total. The Hall–Kier alpha value is -7.52. The van der Waals surface area contributed by atoms with E-state index in [0.29, 0.717) is 22.6 Å². The molecule has 0 radical (unpaired) electrons. The molecule has 9 nitrogen and oxygen atoms in total. The van der Waals surface area contributed by atoms with Gasteiger partial charge in [0.2, 0.25) is 5.84 Å². The topological polar surface area (TPSA) is 115 Å². The number of hydrogen-bond donors (Lipinski definition) is 2. The molecule has 0 saturated heterocycles. The summed E-state index contributed by atoms with van der Waals surface area (Å²) in [4.78, 5) is 37.7. The minimum Gasteiger partial charge on any atom is -0.354 e. The molecule has 0 bridgehead atoms. The monoisotopic (exact) mass is 703 g/mol. The van der Waals surface area contributed by atoms with Crippen LogP contribution in [0.2, 0.25) is 0 Å². The Bertz CT molecular complexity index is 2610. The number of carbonyl (C=O) groups is 2. The maximum atomic E-state index is 14.3. The minimum absolute atomic E-state index is 0.250. The van der Waals surface area contributed by atoms with Gasteiger partial charge in [-0.15, -0.1) is 10.2 Å². The number of aryl methyl sites for hydroxylation is 1. The maximum absolute atomic E-state index is 14.3. The first-order valence-electron chi connectivity index (χ1n) is 17.4. The summed E-state index contributed by atoms with van der Waals surface area (Å²) in [5, 5.41) is 13.7. The van der Waals surface area contributed by atoms with Gasteiger partial charge in [0, 0.05) is 33.2 Å². The molecule has 0 atom stereocenters. The number of aliphatic imine (C=N–C) groups is 1. The van der Waals surface area contributed by atoms with Crippen molar-refractivity contribution in [1.29, 1.82) is 0 Å². The van der Waals surface area contributed by atoms with E-state index in [2.05, 4.69) is 25.7 Å². The lowest BCUT2D eigenvalue weighted by Crippen LogP contribution is -2.32. The number of nitrogens with one attached hydrogen (secondary N) is 2. The van der Waals surface area contributed by atoms with E-state index < -0.39 is 5.91 Å². The number of hydrogen-bond acceptors (Lipinski definition) is 5. The number of benzene rings is 6. The molecule has 1 aliphatic heterocycles. The van der Waals surface area contributed by atoms with Crippen LogP contribution in [0.25, 0.3) is 28.2 Å². The highest BCUT2D eigenvalue weighted by atomic mass is 16.2. The Morgan fingerprint density at radius 3 is 2.04 bits per heavy atom. The van der Waals surface area contributed by atoms with Crippen molar-refractivity contribution in [3.8, 4) is 11.3 Å². The first-order valence-corrected chi connectivity index (χ1v) is 17.4. The number of fused-ring (bicyclic) bond motifs is 1. The number of azo groups is 1. The molecule has 2 amide bonds. The van der Waals surface area contributed by atoms with Crippen molar-refractivity contribution in [1.82, 2.24) is 4.98 Å². The number of aromatic amines is 1. The normalized spacial score (nSPS) is 13.9. The highest BCUT2D eigenvalue weighted by Gasteiger charge is 2.33. The van der Waals surface area contributed by atoms with E-state index in [-0.39, 0.29) is 17.4 Å². The second kappa shape index (κ2) is 15.0. The third kappa shape index (κ3) is 6.89. The number of hydrazone groups is 1. The lowest BCUT2D eigenvalue weighted by molar-refractivity contribution is -0.113. The summed E-state index contributed by atoms with van der Waals surface area (Å²) in [6, 6.07) is 51.4. The smallest absolute Gasteiger partial charge is 0.295 e. The molecule has 0 spiro atoms. The van der Waals surface area contributed by atoms with Crippen LogP contribution in [0, 0.1) is 6.92 Å². The van der Waals surface area contributed by atoms with Crippen molar-refractivity contribution in [2.75, 3.05) is 10.3 Å². The summed E-state index contributed by atoms with van der Waals surface area (Å²) in [5.41, 5.74) is 11.2. The fraction of sp³-hybridized carbons (Fsp3) is 0.0222. The number of rotatable bonds is 8. The van der Waals surface area contributed by atoms with Crippen molar-refractivity contribution in [3.05, 3.63) is 197 Å². The van der Waals surface area contributed by atoms with Crippen molar-refractivity contribution in [2.45, 2.75) is 6.92 Å². The molecule has 1 aliphatic rings. The Balaban J connectivity index is 1.10. The van der Waals surface area contributed by atoms with E-state index in [1.54, 1.807) is 29.2 Å². The third-order valence-electron chi connectivity index (χ3n) is 9.05. The van der Waals surface area contributed by atoms with E-state index >= 15 is 0 Å². The van der Waals surface area contributed by atoms with E-state index in [1.165, 1.54) is 0 Å². The van der Waals surface area contributed by atoms with Gasteiger partial charge in [-0.3, -0.25) is 19.9 Å². The van der Waals surface area contributed by atoms with E-state index in [4.69, 9.17) is 4.99 Å². The van der Waals surface area contributed by atoms with Crippen LogP contribution in [0.5, 0.6) is 0 Å². The van der Waals surface area contributed by atoms with Crippen LogP contribution < -0.4 is 10.3 Å². The summed E-state index contributed by atoms with van der Waals surface area (Å²) >= 11 is 0. The van der Waals surface area contributed by atoms with Crippen LogP contribution in [0.15, 0.2) is 190 Å². The van der Waals surface area contributed by atoms with Gasteiger partial charge in [0.05, 0.1) is 17.1 Å². The van der Waals surface area contributed by atoms with E-state index in [9.17, 15) is 9.59 Å². The zero-order chi connectivity index (χ0) is 36.9. The van der Waals surface area contributed by atoms with Crippen LogP contribution in [0.4, 0.5) is 11.4 Å². The molecule has 8 rings (SSSR count). The van der Waals surface area contributed by atoms with Gasteiger partial charge in [-0.1, -0.05) is 127 Å². The lowest BCUT2D eigenvalue weighted by Gasteiger charge is -2.18. The van der Waals surface area contributed by atoms with Gasteiger partial charge in [-0.05, 0) is 60.5 Å². The van der Waals surface area contributed by atoms with Crippen molar-refractivity contribution < 1.29 is 9.59 Å².